The minimum atomic E-state index is -1.40. The Balaban J connectivity index is 1.84. The number of hydrogen-bond donors (Lipinski definition) is 4. The molecule has 0 saturated heterocycles. The van der Waals surface area contributed by atoms with Crippen molar-refractivity contribution >= 4 is 0 Å². The molecule has 0 amide bonds. The van der Waals surface area contributed by atoms with E-state index in [1.807, 2.05) is 0 Å². The van der Waals surface area contributed by atoms with Gasteiger partial charge in [-0.15, -0.1) is 0 Å². The van der Waals surface area contributed by atoms with Gasteiger partial charge >= 0.3 is 0 Å². The van der Waals surface area contributed by atoms with Gasteiger partial charge in [0.25, 0.3) is 0 Å². The molecule has 2 aromatic rings. The average Bonchev–Trinajstić information content (AvgIpc) is 2.71. The topological polar surface area (TPSA) is 129 Å². The van der Waals surface area contributed by atoms with E-state index in [-0.39, 0.29) is 6.61 Å². The van der Waals surface area contributed by atoms with Gasteiger partial charge in [-0.3, -0.25) is 5.73 Å². The maximum Gasteiger partial charge on any atom is 0.176 e. The van der Waals surface area contributed by atoms with Crippen LogP contribution < -0.4 is 30.4 Å². The highest BCUT2D eigenvalue weighted by Gasteiger charge is 2.30. The fourth-order valence-corrected chi connectivity index (χ4v) is 2.29. The van der Waals surface area contributed by atoms with E-state index in [2.05, 4.69) is 0 Å². The quantitative estimate of drug-likeness (QED) is 0.440. The van der Waals surface area contributed by atoms with Gasteiger partial charge in [0.15, 0.2) is 6.23 Å². The Labute approximate surface area is 158 Å². The molecule has 0 fully saturated rings. The third-order valence-electron chi connectivity index (χ3n) is 3.96. The molecule has 0 aromatic heterocycles. The highest BCUT2D eigenvalue weighted by Crippen LogP contribution is 2.19. The van der Waals surface area contributed by atoms with Crippen LogP contribution in [-0.2, 0) is 0 Å². The van der Waals surface area contributed by atoms with E-state index < -0.39 is 24.5 Å². The number of nitrogens with two attached hydrogens (primary N) is 2. The molecule has 0 spiro atoms. The predicted molar refractivity (Wildman–Crippen MR) is 100 cm³/mol. The van der Waals surface area contributed by atoms with E-state index >= 15 is 0 Å². The molecule has 0 radical (unpaired) electrons. The molecular formula is C19H26N2O6. The zero-order valence-electron chi connectivity index (χ0n) is 15.3. The lowest BCUT2D eigenvalue weighted by molar-refractivity contribution is -0.0606. The number of benzene rings is 2. The van der Waals surface area contributed by atoms with E-state index in [4.69, 9.17) is 30.4 Å². The van der Waals surface area contributed by atoms with Crippen LogP contribution >= 0.6 is 0 Å². The van der Waals surface area contributed by atoms with Crippen molar-refractivity contribution in [1.29, 1.82) is 0 Å². The third kappa shape index (κ3) is 6.00. The monoisotopic (exact) mass is 378 g/mol. The van der Waals surface area contributed by atoms with E-state index in [1.165, 1.54) is 0 Å². The number of hydrogen-bond acceptors (Lipinski definition) is 8. The van der Waals surface area contributed by atoms with Crippen molar-refractivity contribution < 1.29 is 29.2 Å². The number of rotatable bonds is 10. The minimum absolute atomic E-state index is 0.0141. The second-order valence-corrected chi connectivity index (χ2v) is 5.89. The lowest BCUT2D eigenvalue weighted by Crippen LogP contribution is -2.54. The Morgan fingerprint density at radius 1 is 0.741 bits per heavy atom. The molecule has 2 aromatic carbocycles. The normalized spacial score (nSPS) is 15.3. The molecule has 8 heteroatoms. The van der Waals surface area contributed by atoms with E-state index in [9.17, 15) is 10.2 Å². The second-order valence-electron chi connectivity index (χ2n) is 5.89. The van der Waals surface area contributed by atoms with Gasteiger partial charge < -0.3 is 34.9 Å². The molecule has 6 N–H and O–H groups in total. The Morgan fingerprint density at radius 2 is 1.19 bits per heavy atom. The molecule has 0 heterocycles. The van der Waals surface area contributed by atoms with Crippen LogP contribution in [0.3, 0.4) is 0 Å². The molecule has 0 aliphatic heterocycles. The average molecular weight is 378 g/mol. The van der Waals surface area contributed by atoms with Crippen LogP contribution in [0.1, 0.15) is 0 Å². The van der Waals surface area contributed by atoms with Crippen LogP contribution in [0.25, 0.3) is 0 Å². The maximum absolute atomic E-state index is 10.2. The fraction of sp³-hybridized carbons (Fsp3) is 0.368. The smallest absolute Gasteiger partial charge is 0.176 e. The van der Waals surface area contributed by atoms with Crippen molar-refractivity contribution in [1.82, 2.24) is 0 Å². The summed E-state index contributed by atoms with van der Waals surface area (Å²) in [4.78, 5) is 0. The summed E-state index contributed by atoms with van der Waals surface area (Å²) >= 11 is 0. The Bertz CT molecular complexity index is 680. The molecule has 0 aliphatic carbocycles. The van der Waals surface area contributed by atoms with Gasteiger partial charge in [0.2, 0.25) is 0 Å². The molecular weight excluding hydrogens is 352 g/mol. The van der Waals surface area contributed by atoms with Gasteiger partial charge in [0.1, 0.15) is 41.8 Å². The van der Waals surface area contributed by atoms with Gasteiger partial charge in [-0.2, -0.15) is 0 Å². The van der Waals surface area contributed by atoms with Crippen LogP contribution in [0, 0.1) is 0 Å². The molecule has 0 aliphatic rings. The highest BCUT2D eigenvalue weighted by molar-refractivity contribution is 5.32. The summed E-state index contributed by atoms with van der Waals surface area (Å²) in [6, 6.07) is 12.7. The zero-order valence-corrected chi connectivity index (χ0v) is 15.3. The van der Waals surface area contributed by atoms with Crippen molar-refractivity contribution in [3.05, 3.63) is 48.5 Å². The van der Waals surface area contributed by atoms with Crippen LogP contribution in [0.2, 0.25) is 0 Å². The van der Waals surface area contributed by atoms with Gasteiger partial charge in [-0.1, -0.05) is 0 Å². The lowest BCUT2D eigenvalue weighted by Gasteiger charge is -2.28. The zero-order chi connectivity index (χ0) is 19.8. The summed E-state index contributed by atoms with van der Waals surface area (Å²) in [5.74, 6) is 2.35. The van der Waals surface area contributed by atoms with Crippen molar-refractivity contribution in [2.24, 2.45) is 11.5 Å². The molecule has 4 atom stereocenters. The molecule has 0 unspecified atom stereocenters. The Kier molecular flexibility index (Phi) is 7.68. The largest absolute Gasteiger partial charge is 0.497 e. The first-order valence-electron chi connectivity index (χ1n) is 8.39. The SMILES string of the molecule is COc1ccc(OC[C@H](N)[C@@H](O)[C@H](O)[C@@H](N)Oc2ccc(OC)cc2)cc1. The number of methoxy groups -OCH3 is 2. The summed E-state index contributed by atoms with van der Waals surface area (Å²) in [5.41, 5.74) is 11.7. The fourth-order valence-electron chi connectivity index (χ4n) is 2.29. The van der Waals surface area contributed by atoms with Crippen molar-refractivity contribution in [2.45, 2.75) is 24.5 Å². The second kappa shape index (κ2) is 9.98. The predicted octanol–water partition coefficient (Wildman–Crippen LogP) is 0.496. The first kappa shape index (κ1) is 20.8. The van der Waals surface area contributed by atoms with Crippen molar-refractivity contribution in [2.75, 3.05) is 20.8 Å². The lowest BCUT2D eigenvalue weighted by atomic mass is 10.1. The van der Waals surface area contributed by atoms with Crippen molar-refractivity contribution in [3.8, 4) is 23.0 Å². The minimum Gasteiger partial charge on any atom is -0.497 e. The van der Waals surface area contributed by atoms with E-state index in [0.717, 1.165) is 0 Å². The van der Waals surface area contributed by atoms with Gasteiger partial charge in [-0.05, 0) is 48.5 Å². The van der Waals surface area contributed by atoms with E-state index in [1.54, 1.807) is 62.8 Å². The summed E-state index contributed by atoms with van der Waals surface area (Å²) in [5, 5.41) is 20.4. The first-order chi connectivity index (χ1) is 12.9. The standard InChI is InChI=1S/C19H26N2O6/c1-24-12-3-7-14(8-4-12)26-11-16(20)17(22)18(23)19(21)27-15-9-5-13(25-2)6-10-15/h3-10,16-19,22-23H,11,20-21H2,1-2H3/t16-,17+,18-,19-/m0/s1. The molecule has 0 bridgehead atoms. The van der Waals surface area contributed by atoms with Gasteiger partial charge in [0, 0.05) is 0 Å². The van der Waals surface area contributed by atoms with Crippen molar-refractivity contribution in [3.63, 3.8) is 0 Å². The van der Waals surface area contributed by atoms with E-state index in [0.29, 0.717) is 23.0 Å². The van der Waals surface area contributed by atoms with Crippen LogP contribution in [0.15, 0.2) is 48.5 Å². The Hall–Kier alpha value is -2.52. The van der Waals surface area contributed by atoms with Gasteiger partial charge in [0.05, 0.1) is 20.3 Å². The number of ether oxygens (including phenoxy) is 4. The van der Waals surface area contributed by atoms with Crippen LogP contribution in [-0.4, -0.2) is 55.5 Å². The Morgan fingerprint density at radius 3 is 1.67 bits per heavy atom. The molecule has 8 nitrogen and oxygen atoms in total. The summed E-state index contributed by atoms with van der Waals surface area (Å²) in [6.45, 7) is -0.0141. The summed E-state index contributed by atoms with van der Waals surface area (Å²) in [6.07, 6.45) is -3.90. The van der Waals surface area contributed by atoms with Crippen LogP contribution in [0.5, 0.6) is 23.0 Å². The highest BCUT2D eigenvalue weighted by atomic mass is 16.5. The first-order valence-corrected chi connectivity index (χ1v) is 8.39. The number of aliphatic hydroxyl groups excluding tert-OH is 2. The number of aliphatic hydroxyl groups is 2. The maximum atomic E-state index is 10.2. The molecule has 0 saturated carbocycles. The molecule has 148 valence electrons. The summed E-state index contributed by atoms with van der Waals surface area (Å²) < 4.78 is 21.1. The van der Waals surface area contributed by atoms with Crippen LogP contribution in [0.4, 0.5) is 0 Å². The van der Waals surface area contributed by atoms with Gasteiger partial charge in [-0.25, -0.2) is 0 Å². The summed E-state index contributed by atoms with van der Waals surface area (Å²) in [7, 11) is 3.12. The third-order valence-corrected chi connectivity index (χ3v) is 3.96. The molecule has 27 heavy (non-hydrogen) atoms. The molecule has 2 rings (SSSR count).